The van der Waals surface area contributed by atoms with Crippen molar-refractivity contribution in [2.24, 2.45) is 9.98 Å². The van der Waals surface area contributed by atoms with E-state index in [0.717, 1.165) is 45.9 Å². The summed E-state index contributed by atoms with van der Waals surface area (Å²) in [6.45, 7) is 8.08. The Balaban J connectivity index is 1.81. The Bertz CT molecular complexity index is 1310. The van der Waals surface area contributed by atoms with E-state index >= 15 is 0 Å². The maximum Gasteiger partial charge on any atom is 0.127 e. The standard InChI is InChI=1S/C30H30N2O2/c1-5-21-11-19(3)13-25(29(21)33)17-31-27-15-23-9-7-8-10-24(23)16-28(27)32-18-26-14-20(4)12-22(6-2)30(26)34/h7-18,33-34H,5-6H2,1-4H3. The molecule has 4 aromatic rings. The summed E-state index contributed by atoms with van der Waals surface area (Å²) in [5, 5.41) is 23.4. The van der Waals surface area contributed by atoms with E-state index in [4.69, 9.17) is 9.98 Å². The first-order valence-corrected chi connectivity index (χ1v) is 11.7. The molecule has 0 saturated heterocycles. The van der Waals surface area contributed by atoms with Crippen LogP contribution in [-0.2, 0) is 12.8 Å². The van der Waals surface area contributed by atoms with Gasteiger partial charge in [-0.25, -0.2) is 0 Å². The van der Waals surface area contributed by atoms with Crippen molar-refractivity contribution in [1.29, 1.82) is 0 Å². The summed E-state index contributed by atoms with van der Waals surface area (Å²) >= 11 is 0. The second-order valence-corrected chi connectivity index (χ2v) is 8.64. The molecule has 0 saturated carbocycles. The molecule has 0 radical (unpaired) electrons. The number of fused-ring (bicyclic) bond motifs is 1. The van der Waals surface area contributed by atoms with Gasteiger partial charge in [0.25, 0.3) is 0 Å². The monoisotopic (exact) mass is 450 g/mol. The van der Waals surface area contributed by atoms with E-state index < -0.39 is 0 Å². The lowest BCUT2D eigenvalue weighted by Crippen LogP contribution is -1.91. The first-order chi connectivity index (χ1) is 16.4. The fourth-order valence-corrected chi connectivity index (χ4v) is 4.20. The van der Waals surface area contributed by atoms with Gasteiger partial charge in [-0.3, -0.25) is 9.98 Å². The molecule has 0 aromatic heterocycles. The largest absolute Gasteiger partial charge is 0.507 e. The van der Waals surface area contributed by atoms with Crippen LogP contribution in [-0.4, -0.2) is 22.6 Å². The van der Waals surface area contributed by atoms with E-state index in [1.165, 1.54) is 0 Å². The number of aryl methyl sites for hydroxylation is 4. The smallest absolute Gasteiger partial charge is 0.127 e. The average Bonchev–Trinajstić information content (AvgIpc) is 2.84. The fraction of sp³-hybridized carbons (Fsp3) is 0.200. The van der Waals surface area contributed by atoms with Gasteiger partial charge in [-0.2, -0.15) is 0 Å². The van der Waals surface area contributed by atoms with Gasteiger partial charge in [0.05, 0.1) is 11.4 Å². The molecule has 0 unspecified atom stereocenters. The minimum atomic E-state index is 0.263. The molecule has 4 heteroatoms. The normalized spacial score (nSPS) is 11.8. The van der Waals surface area contributed by atoms with Crippen LogP contribution in [0.4, 0.5) is 11.4 Å². The number of hydrogen-bond donors (Lipinski definition) is 2. The number of benzene rings is 4. The quantitative estimate of drug-likeness (QED) is 0.299. The fourth-order valence-electron chi connectivity index (χ4n) is 4.20. The number of phenolic OH excluding ortho intramolecular Hbond substituents is 2. The maximum atomic E-state index is 10.6. The zero-order chi connectivity index (χ0) is 24.2. The van der Waals surface area contributed by atoms with Crippen LogP contribution in [0.1, 0.15) is 47.2 Å². The highest BCUT2D eigenvalue weighted by molar-refractivity contribution is 5.96. The van der Waals surface area contributed by atoms with Gasteiger partial charge in [0, 0.05) is 23.6 Å². The van der Waals surface area contributed by atoms with Crippen LogP contribution in [0.15, 0.2) is 70.6 Å². The Kier molecular flexibility index (Phi) is 6.78. The lowest BCUT2D eigenvalue weighted by molar-refractivity contribution is 0.467. The number of nitrogens with zero attached hydrogens (tertiary/aromatic N) is 2. The van der Waals surface area contributed by atoms with Gasteiger partial charge in [0.1, 0.15) is 11.5 Å². The third-order valence-electron chi connectivity index (χ3n) is 6.02. The number of phenols is 2. The lowest BCUT2D eigenvalue weighted by atomic mass is 10.0. The molecule has 0 aliphatic rings. The summed E-state index contributed by atoms with van der Waals surface area (Å²) in [4.78, 5) is 9.46. The van der Waals surface area contributed by atoms with Crippen molar-refractivity contribution in [2.45, 2.75) is 40.5 Å². The van der Waals surface area contributed by atoms with Gasteiger partial charge < -0.3 is 10.2 Å². The minimum absolute atomic E-state index is 0.263. The molecule has 4 aromatic carbocycles. The summed E-state index contributed by atoms with van der Waals surface area (Å²) in [5.41, 5.74) is 6.71. The Morgan fingerprint density at radius 1 is 0.647 bits per heavy atom. The van der Waals surface area contributed by atoms with Crippen LogP contribution in [0.5, 0.6) is 11.5 Å². The Labute approximate surface area is 201 Å². The lowest BCUT2D eigenvalue weighted by Gasteiger charge is -2.09. The van der Waals surface area contributed by atoms with Crippen LogP contribution in [0, 0.1) is 13.8 Å². The highest BCUT2D eigenvalue weighted by Gasteiger charge is 2.09. The van der Waals surface area contributed by atoms with Crippen LogP contribution >= 0.6 is 0 Å². The van der Waals surface area contributed by atoms with Gasteiger partial charge in [-0.15, -0.1) is 0 Å². The first kappa shape index (κ1) is 23.2. The van der Waals surface area contributed by atoms with Crippen molar-refractivity contribution in [3.63, 3.8) is 0 Å². The van der Waals surface area contributed by atoms with Crippen molar-refractivity contribution in [3.05, 3.63) is 94.0 Å². The molecular weight excluding hydrogens is 420 g/mol. The highest BCUT2D eigenvalue weighted by Crippen LogP contribution is 2.34. The second-order valence-electron chi connectivity index (χ2n) is 8.64. The van der Waals surface area contributed by atoms with Crippen molar-refractivity contribution in [3.8, 4) is 11.5 Å². The summed E-state index contributed by atoms with van der Waals surface area (Å²) in [6.07, 6.45) is 4.90. The van der Waals surface area contributed by atoms with Gasteiger partial charge in [-0.1, -0.05) is 50.2 Å². The Hall–Kier alpha value is -3.92. The molecule has 172 valence electrons. The molecule has 0 aliphatic heterocycles. The van der Waals surface area contributed by atoms with E-state index in [1.807, 2.05) is 88.4 Å². The van der Waals surface area contributed by atoms with Crippen molar-refractivity contribution in [1.82, 2.24) is 0 Å². The molecule has 0 fully saturated rings. The summed E-state index contributed by atoms with van der Waals surface area (Å²) < 4.78 is 0. The first-order valence-electron chi connectivity index (χ1n) is 11.7. The zero-order valence-corrected chi connectivity index (χ0v) is 20.1. The van der Waals surface area contributed by atoms with E-state index in [1.54, 1.807) is 12.4 Å². The van der Waals surface area contributed by atoms with Crippen LogP contribution in [0.2, 0.25) is 0 Å². The highest BCUT2D eigenvalue weighted by atomic mass is 16.3. The SMILES string of the molecule is CCc1cc(C)cc(C=Nc2cc3ccccc3cc2N=Cc2cc(C)cc(CC)c2O)c1O. The van der Waals surface area contributed by atoms with Crippen LogP contribution in [0.25, 0.3) is 10.8 Å². The predicted octanol–water partition coefficient (Wildman–Crippen LogP) is 7.49. The van der Waals surface area contributed by atoms with Gasteiger partial charge in [0.15, 0.2) is 0 Å². The molecule has 0 atom stereocenters. The van der Waals surface area contributed by atoms with E-state index in [-0.39, 0.29) is 11.5 Å². The van der Waals surface area contributed by atoms with E-state index in [9.17, 15) is 10.2 Å². The summed E-state index contributed by atoms with van der Waals surface area (Å²) in [6, 6.07) is 19.9. The van der Waals surface area contributed by atoms with Crippen molar-refractivity contribution >= 4 is 34.6 Å². The molecular formula is C30H30N2O2. The molecule has 0 amide bonds. The zero-order valence-electron chi connectivity index (χ0n) is 20.1. The molecule has 0 aliphatic carbocycles. The number of aliphatic imine (C=N–C) groups is 2. The number of rotatable bonds is 6. The molecule has 0 heterocycles. The average molecular weight is 451 g/mol. The van der Waals surface area contributed by atoms with Gasteiger partial charge in [0.2, 0.25) is 0 Å². The van der Waals surface area contributed by atoms with Gasteiger partial charge >= 0.3 is 0 Å². The molecule has 0 bridgehead atoms. The maximum absolute atomic E-state index is 10.6. The molecule has 0 spiro atoms. The number of aromatic hydroxyl groups is 2. The van der Waals surface area contributed by atoms with Crippen molar-refractivity contribution < 1.29 is 10.2 Å². The van der Waals surface area contributed by atoms with Crippen LogP contribution in [0.3, 0.4) is 0 Å². The number of hydrogen-bond acceptors (Lipinski definition) is 4. The Morgan fingerprint density at radius 3 is 1.44 bits per heavy atom. The molecule has 4 nitrogen and oxygen atoms in total. The van der Waals surface area contributed by atoms with Crippen LogP contribution < -0.4 is 0 Å². The second kappa shape index (κ2) is 9.92. The van der Waals surface area contributed by atoms with E-state index in [2.05, 4.69) is 0 Å². The Morgan fingerprint density at radius 2 is 1.06 bits per heavy atom. The van der Waals surface area contributed by atoms with E-state index in [0.29, 0.717) is 22.5 Å². The molecule has 4 rings (SSSR count). The van der Waals surface area contributed by atoms with Gasteiger partial charge in [-0.05, 0) is 84.0 Å². The third-order valence-corrected chi connectivity index (χ3v) is 6.02. The third kappa shape index (κ3) is 4.86. The molecule has 2 N–H and O–H groups in total. The molecule has 34 heavy (non-hydrogen) atoms. The predicted molar refractivity (Wildman–Crippen MR) is 143 cm³/mol. The van der Waals surface area contributed by atoms with Crippen molar-refractivity contribution in [2.75, 3.05) is 0 Å². The topological polar surface area (TPSA) is 65.2 Å². The summed E-state index contributed by atoms with van der Waals surface area (Å²) in [7, 11) is 0. The minimum Gasteiger partial charge on any atom is -0.507 e. The summed E-state index contributed by atoms with van der Waals surface area (Å²) in [5.74, 6) is 0.527.